The third-order valence-electron chi connectivity index (χ3n) is 1.43. The maximum absolute atomic E-state index is 2.77. The molecule has 10 heavy (non-hydrogen) atoms. The second kappa shape index (κ2) is 7.92. The molecule has 0 amide bonds. The molecule has 0 aromatic carbocycles. The zero-order valence-electron chi connectivity index (χ0n) is 6.84. The molecule has 1 nitrogen and oxygen atoms in total. The van der Waals surface area contributed by atoms with Crippen LogP contribution in [0.1, 0.15) is 13.3 Å². The predicted molar refractivity (Wildman–Crippen MR) is 55.9 cm³/mol. The molecule has 0 aliphatic rings. The Morgan fingerprint density at radius 1 is 1.00 bits per heavy atom. The maximum atomic E-state index is 2.77. The van der Waals surface area contributed by atoms with Gasteiger partial charge in [-0.05, 0) is 25.3 Å². The van der Waals surface area contributed by atoms with E-state index in [2.05, 4.69) is 30.3 Å². The van der Waals surface area contributed by atoms with Gasteiger partial charge in [0.05, 0.1) is 0 Å². The summed E-state index contributed by atoms with van der Waals surface area (Å²) in [5.74, 6) is 0. The van der Waals surface area contributed by atoms with Crippen molar-refractivity contribution in [1.82, 2.24) is 4.90 Å². The third kappa shape index (κ3) is 5.59. The van der Waals surface area contributed by atoms with Gasteiger partial charge >= 0.3 is 0 Å². The van der Waals surface area contributed by atoms with Gasteiger partial charge in [0.2, 0.25) is 0 Å². The molecule has 0 aliphatic carbocycles. The molecule has 0 aliphatic heterocycles. The van der Waals surface area contributed by atoms with Gasteiger partial charge in [-0.1, -0.05) is 6.92 Å². The zero-order valence-corrected chi connectivity index (χ0v) is 9.15. The topological polar surface area (TPSA) is 3.24 Å². The van der Waals surface area contributed by atoms with Crippen molar-refractivity contribution >= 4 is 18.5 Å². The van der Waals surface area contributed by atoms with Gasteiger partial charge in [0.15, 0.2) is 0 Å². The molecule has 0 heterocycles. The monoisotopic (exact) mass is 179 g/mol. The van der Waals surface area contributed by atoms with Crippen LogP contribution >= 0.6 is 18.5 Å². The molecule has 0 saturated carbocycles. The lowest BCUT2D eigenvalue weighted by Gasteiger charge is -2.19. The molecule has 0 bridgehead atoms. The Morgan fingerprint density at radius 2 is 1.50 bits per heavy atom. The summed E-state index contributed by atoms with van der Waals surface area (Å²) in [6.07, 6.45) is 3.67. The van der Waals surface area contributed by atoms with Crippen LogP contribution in [0.5, 0.6) is 0 Å². The van der Waals surface area contributed by atoms with E-state index in [1.165, 1.54) is 38.4 Å². The van der Waals surface area contributed by atoms with Crippen molar-refractivity contribution in [2.45, 2.75) is 13.3 Å². The first-order chi connectivity index (χ1) is 4.85. The van der Waals surface area contributed by atoms with Crippen molar-refractivity contribution in [3.05, 3.63) is 0 Å². The molecule has 3 heteroatoms. The van der Waals surface area contributed by atoms with Gasteiger partial charge in [-0.2, -0.15) is 0 Å². The molecule has 0 aromatic heterocycles. The zero-order chi connectivity index (χ0) is 7.82. The van der Waals surface area contributed by atoms with E-state index in [9.17, 15) is 0 Å². The predicted octanol–water partition coefficient (Wildman–Crippen LogP) is 1.45. The van der Waals surface area contributed by atoms with Crippen LogP contribution in [0.15, 0.2) is 0 Å². The first kappa shape index (κ1) is 10.8. The van der Waals surface area contributed by atoms with Crippen molar-refractivity contribution in [3.63, 3.8) is 0 Å². The molecular formula is C7H19NP2. The lowest BCUT2D eigenvalue weighted by molar-refractivity contribution is 0.309. The van der Waals surface area contributed by atoms with E-state index < -0.39 is 0 Å². The van der Waals surface area contributed by atoms with E-state index in [-0.39, 0.29) is 0 Å². The highest BCUT2D eigenvalue weighted by Gasteiger charge is 1.98. The van der Waals surface area contributed by atoms with Gasteiger partial charge < -0.3 is 4.90 Å². The number of hydrogen-bond acceptors (Lipinski definition) is 1. The smallest absolute Gasteiger partial charge is 0.00161 e. The van der Waals surface area contributed by atoms with E-state index in [1.54, 1.807) is 0 Å². The molecule has 2 unspecified atom stereocenters. The van der Waals surface area contributed by atoms with E-state index in [1.807, 2.05) is 0 Å². The largest absolute Gasteiger partial charge is 0.303 e. The van der Waals surface area contributed by atoms with Crippen LogP contribution in [0.4, 0.5) is 0 Å². The Kier molecular flexibility index (Phi) is 8.57. The Balaban J connectivity index is 3.30. The van der Waals surface area contributed by atoms with Crippen molar-refractivity contribution < 1.29 is 0 Å². The second-order valence-electron chi connectivity index (χ2n) is 2.42. The van der Waals surface area contributed by atoms with Gasteiger partial charge in [0.1, 0.15) is 0 Å². The molecule has 0 radical (unpaired) electrons. The van der Waals surface area contributed by atoms with Crippen molar-refractivity contribution in [1.29, 1.82) is 0 Å². The third-order valence-corrected chi connectivity index (χ3v) is 1.95. The van der Waals surface area contributed by atoms with E-state index >= 15 is 0 Å². The molecule has 0 rings (SSSR count). The highest BCUT2D eigenvalue weighted by Crippen LogP contribution is 1.95. The lowest BCUT2D eigenvalue weighted by atomic mass is 10.4. The summed E-state index contributed by atoms with van der Waals surface area (Å²) in [7, 11) is 5.55. The molecule has 62 valence electrons. The summed E-state index contributed by atoms with van der Waals surface area (Å²) < 4.78 is 0. The Bertz CT molecular complexity index is 54.4. The van der Waals surface area contributed by atoms with Crippen LogP contribution in [0.3, 0.4) is 0 Å². The molecular weight excluding hydrogens is 160 g/mol. The summed E-state index contributed by atoms with van der Waals surface area (Å²) in [6, 6.07) is 0. The summed E-state index contributed by atoms with van der Waals surface area (Å²) in [4.78, 5) is 2.50. The maximum Gasteiger partial charge on any atom is 0.00161 e. The van der Waals surface area contributed by atoms with E-state index in [0.717, 1.165) is 0 Å². The molecule has 0 spiro atoms. The van der Waals surface area contributed by atoms with Crippen LogP contribution in [0.2, 0.25) is 0 Å². The Hall–Kier alpha value is 0.820. The fraction of sp³-hybridized carbons (Fsp3) is 1.00. The van der Waals surface area contributed by atoms with Crippen LogP contribution in [-0.2, 0) is 0 Å². The number of rotatable bonds is 6. The first-order valence-electron chi connectivity index (χ1n) is 3.97. The Morgan fingerprint density at radius 3 is 1.80 bits per heavy atom. The van der Waals surface area contributed by atoms with Gasteiger partial charge in [-0.15, -0.1) is 18.5 Å². The van der Waals surface area contributed by atoms with Crippen molar-refractivity contribution in [2.24, 2.45) is 0 Å². The minimum absolute atomic E-state index is 1.20. The van der Waals surface area contributed by atoms with Gasteiger partial charge in [0.25, 0.3) is 0 Å². The van der Waals surface area contributed by atoms with Crippen LogP contribution in [0, 0.1) is 0 Å². The molecule has 0 saturated heterocycles. The molecule has 0 aromatic rings. The van der Waals surface area contributed by atoms with Crippen molar-refractivity contribution in [2.75, 3.05) is 32.0 Å². The summed E-state index contributed by atoms with van der Waals surface area (Å²) in [5, 5.41) is 0. The van der Waals surface area contributed by atoms with Crippen LogP contribution < -0.4 is 0 Å². The highest BCUT2D eigenvalue weighted by atomic mass is 31.0. The van der Waals surface area contributed by atoms with Crippen LogP contribution in [-0.4, -0.2) is 36.9 Å². The summed E-state index contributed by atoms with van der Waals surface area (Å²) >= 11 is 0. The molecule has 2 atom stereocenters. The average molecular weight is 179 g/mol. The highest BCUT2D eigenvalue weighted by molar-refractivity contribution is 7.16. The normalized spacial score (nSPS) is 10.8. The fourth-order valence-corrected chi connectivity index (χ4v) is 1.75. The number of hydrogen-bond donors (Lipinski definition) is 0. The summed E-state index contributed by atoms with van der Waals surface area (Å²) in [6.45, 7) is 5.95. The molecule has 0 fully saturated rings. The number of nitrogens with zero attached hydrogens (tertiary/aromatic N) is 1. The molecule has 0 N–H and O–H groups in total. The minimum Gasteiger partial charge on any atom is -0.303 e. The average Bonchev–Trinajstić information content (AvgIpc) is 1.90. The fourth-order valence-electron chi connectivity index (χ4n) is 1.02. The van der Waals surface area contributed by atoms with E-state index in [0.29, 0.717) is 0 Å². The minimum atomic E-state index is 1.20. The summed E-state index contributed by atoms with van der Waals surface area (Å²) in [5.41, 5.74) is 0. The standard InChI is InChI=1S/C7H19NP2/c1-2-3-8(4-6-9)5-7-10/h2-7,9-10H2,1H3. The van der Waals surface area contributed by atoms with Crippen molar-refractivity contribution in [3.8, 4) is 0 Å². The van der Waals surface area contributed by atoms with Crippen LogP contribution in [0.25, 0.3) is 0 Å². The lowest BCUT2D eigenvalue weighted by Crippen LogP contribution is -2.28. The van der Waals surface area contributed by atoms with Gasteiger partial charge in [-0.25, -0.2) is 0 Å². The van der Waals surface area contributed by atoms with E-state index in [4.69, 9.17) is 0 Å². The second-order valence-corrected chi connectivity index (χ2v) is 3.57. The SMILES string of the molecule is CCCN(CCP)CCP. The first-order valence-corrected chi connectivity index (χ1v) is 5.61. The van der Waals surface area contributed by atoms with Gasteiger partial charge in [-0.3, -0.25) is 0 Å². The van der Waals surface area contributed by atoms with Gasteiger partial charge in [0, 0.05) is 13.1 Å². The quantitative estimate of drug-likeness (QED) is 0.558. The Labute approximate surface area is 69.3 Å².